The summed E-state index contributed by atoms with van der Waals surface area (Å²) in [5.41, 5.74) is 1.76. The minimum Gasteiger partial charge on any atom is -0.299 e. The third-order valence-electron chi connectivity index (χ3n) is 4.51. The van der Waals surface area contributed by atoms with Crippen molar-refractivity contribution in [2.75, 3.05) is 6.54 Å². The fraction of sp³-hybridized carbons (Fsp3) is 0.438. The van der Waals surface area contributed by atoms with Crippen LogP contribution in [0.2, 0.25) is 0 Å². The highest BCUT2D eigenvalue weighted by Crippen LogP contribution is 2.37. The molecule has 1 saturated carbocycles. The number of ketones is 1. The number of piperidine rings is 1. The summed E-state index contributed by atoms with van der Waals surface area (Å²) in [6, 6.07) is 6.82. The minimum atomic E-state index is -3.52. The van der Waals surface area contributed by atoms with E-state index < -0.39 is 10.0 Å². The van der Waals surface area contributed by atoms with Crippen LogP contribution in [-0.2, 0) is 14.8 Å². The number of rotatable bonds is 2. The highest BCUT2D eigenvalue weighted by molar-refractivity contribution is 7.89. The van der Waals surface area contributed by atoms with E-state index in [9.17, 15) is 13.2 Å². The molecule has 5 heteroatoms. The van der Waals surface area contributed by atoms with Crippen LogP contribution >= 0.6 is 0 Å². The van der Waals surface area contributed by atoms with Crippen LogP contribution < -0.4 is 0 Å². The molecule has 1 aromatic rings. The van der Waals surface area contributed by atoms with Gasteiger partial charge < -0.3 is 0 Å². The molecule has 2 aliphatic rings. The molecular formula is C16H19NO3S. The van der Waals surface area contributed by atoms with Crippen LogP contribution in [0.15, 0.2) is 41.3 Å². The number of carbonyl (C=O) groups is 1. The zero-order valence-corrected chi connectivity index (χ0v) is 12.9. The number of hydrogen-bond donors (Lipinski definition) is 0. The Hall–Kier alpha value is -1.46. The average molecular weight is 305 g/mol. The van der Waals surface area contributed by atoms with Gasteiger partial charge in [-0.1, -0.05) is 29.8 Å². The number of Topliss-reactive ketones (excluding diaryl/α,β-unsaturated/α-hetero) is 1. The molecule has 1 saturated heterocycles. The molecule has 2 atom stereocenters. The van der Waals surface area contributed by atoms with Gasteiger partial charge in [-0.2, -0.15) is 4.31 Å². The Labute approximate surface area is 125 Å². The molecule has 4 nitrogen and oxygen atoms in total. The normalized spacial score (nSPS) is 26.9. The Kier molecular flexibility index (Phi) is 3.50. The summed E-state index contributed by atoms with van der Waals surface area (Å²) in [4.78, 5) is 12.2. The molecule has 21 heavy (non-hydrogen) atoms. The highest BCUT2D eigenvalue weighted by atomic mass is 32.2. The monoisotopic (exact) mass is 305 g/mol. The summed E-state index contributed by atoms with van der Waals surface area (Å²) in [6.07, 6.45) is 1.66. The van der Waals surface area contributed by atoms with Crippen molar-refractivity contribution in [1.82, 2.24) is 4.31 Å². The first kappa shape index (κ1) is 14.5. The molecule has 3 rings (SSSR count). The second-order valence-corrected chi connectivity index (χ2v) is 7.86. The molecule has 1 aromatic carbocycles. The van der Waals surface area contributed by atoms with Crippen molar-refractivity contribution in [3.05, 3.63) is 42.0 Å². The van der Waals surface area contributed by atoms with Gasteiger partial charge in [-0.25, -0.2) is 8.42 Å². The second kappa shape index (κ2) is 5.07. The van der Waals surface area contributed by atoms with E-state index in [0.29, 0.717) is 24.2 Å². The fourth-order valence-electron chi connectivity index (χ4n) is 3.23. The van der Waals surface area contributed by atoms with Crippen LogP contribution in [0.5, 0.6) is 0 Å². The van der Waals surface area contributed by atoms with Gasteiger partial charge >= 0.3 is 0 Å². The van der Waals surface area contributed by atoms with E-state index in [1.54, 1.807) is 24.3 Å². The van der Waals surface area contributed by atoms with Crippen molar-refractivity contribution in [2.24, 2.45) is 5.92 Å². The molecular weight excluding hydrogens is 286 g/mol. The van der Waals surface area contributed by atoms with Gasteiger partial charge in [-0.3, -0.25) is 4.79 Å². The third kappa shape index (κ3) is 2.45. The predicted molar refractivity (Wildman–Crippen MR) is 80.3 cm³/mol. The van der Waals surface area contributed by atoms with Crippen molar-refractivity contribution in [3.8, 4) is 0 Å². The van der Waals surface area contributed by atoms with Crippen LogP contribution in [0.3, 0.4) is 0 Å². The predicted octanol–water partition coefficient (Wildman–Crippen LogP) is 2.29. The van der Waals surface area contributed by atoms with E-state index in [4.69, 9.17) is 0 Å². The number of hydrogen-bond acceptors (Lipinski definition) is 3. The molecule has 0 radical (unpaired) electrons. The number of fused-ring (bicyclic) bond motifs is 2. The van der Waals surface area contributed by atoms with Gasteiger partial charge in [0.05, 0.1) is 4.90 Å². The van der Waals surface area contributed by atoms with Crippen molar-refractivity contribution in [3.63, 3.8) is 0 Å². The van der Waals surface area contributed by atoms with E-state index in [-0.39, 0.29) is 24.3 Å². The van der Waals surface area contributed by atoms with E-state index in [2.05, 4.69) is 6.58 Å². The number of sulfonamides is 1. The van der Waals surface area contributed by atoms with Crippen molar-refractivity contribution < 1.29 is 13.2 Å². The molecule has 1 heterocycles. The summed E-state index contributed by atoms with van der Waals surface area (Å²) in [5.74, 6) is 0.0665. The van der Waals surface area contributed by atoms with Gasteiger partial charge in [0.1, 0.15) is 5.78 Å². The van der Waals surface area contributed by atoms with Crippen LogP contribution in [0, 0.1) is 12.8 Å². The SMILES string of the molecule is C=C1CN(S(=O)(=O)c2ccc(C)cc2)C2CCC(=O)C1C2. The smallest absolute Gasteiger partial charge is 0.243 e. The third-order valence-corrected chi connectivity index (χ3v) is 6.42. The van der Waals surface area contributed by atoms with E-state index in [0.717, 1.165) is 11.1 Å². The first-order valence-corrected chi connectivity index (χ1v) is 8.62. The quantitative estimate of drug-likeness (QED) is 0.788. The van der Waals surface area contributed by atoms with Crippen LogP contribution in [0.25, 0.3) is 0 Å². The maximum absolute atomic E-state index is 12.8. The van der Waals surface area contributed by atoms with Gasteiger partial charge in [0.25, 0.3) is 0 Å². The average Bonchev–Trinajstić information content (AvgIpc) is 2.45. The number of carbonyl (C=O) groups excluding carboxylic acids is 1. The lowest BCUT2D eigenvalue weighted by atomic mass is 9.77. The van der Waals surface area contributed by atoms with Gasteiger partial charge in [-0.05, 0) is 31.9 Å². The Balaban J connectivity index is 1.94. The van der Waals surface area contributed by atoms with E-state index in [1.165, 1.54) is 4.31 Å². The number of aryl methyl sites for hydroxylation is 1. The molecule has 1 aliphatic heterocycles. The molecule has 1 aliphatic carbocycles. The topological polar surface area (TPSA) is 54.5 Å². The highest BCUT2D eigenvalue weighted by Gasteiger charge is 2.43. The maximum atomic E-state index is 12.8. The molecule has 0 N–H and O–H groups in total. The number of nitrogens with zero attached hydrogens (tertiary/aromatic N) is 1. The van der Waals surface area contributed by atoms with Gasteiger partial charge in [0.15, 0.2) is 0 Å². The lowest BCUT2D eigenvalue weighted by Crippen LogP contribution is -2.51. The first-order chi connectivity index (χ1) is 9.89. The lowest BCUT2D eigenvalue weighted by Gasteiger charge is -2.42. The molecule has 0 aromatic heterocycles. The molecule has 0 spiro atoms. The van der Waals surface area contributed by atoms with E-state index >= 15 is 0 Å². The van der Waals surface area contributed by atoms with Crippen molar-refractivity contribution >= 4 is 15.8 Å². The Morgan fingerprint density at radius 1 is 1.24 bits per heavy atom. The Morgan fingerprint density at radius 3 is 2.57 bits per heavy atom. The maximum Gasteiger partial charge on any atom is 0.243 e. The van der Waals surface area contributed by atoms with Crippen LogP contribution in [0.4, 0.5) is 0 Å². The Bertz CT molecular complexity index is 691. The minimum absolute atomic E-state index is 0.0792. The molecule has 112 valence electrons. The standard InChI is InChI=1S/C16H19NO3S/c1-11-3-6-14(7-4-11)21(19,20)17-10-12(2)15-9-13(17)5-8-16(15)18/h3-4,6-7,13,15H,2,5,8-10H2,1H3. The largest absolute Gasteiger partial charge is 0.299 e. The van der Waals surface area contributed by atoms with Gasteiger partial charge in [-0.15, -0.1) is 0 Å². The zero-order valence-electron chi connectivity index (χ0n) is 12.1. The summed E-state index contributed by atoms with van der Waals surface area (Å²) in [7, 11) is -3.52. The van der Waals surface area contributed by atoms with Crippen LogP contribution in [-0.4, -0.2) is 31.1 Å². The van der Waals surface area contributed by atoms with Crippen LogP contribution in [0.1, 0.15) is 24.8 Å². The lowest BCUT2D eigenvalue weighted by molar-refractivity contribution is -0.125. The summed E-state index contributed by atoms with van der Waals surface area (Å²) < 4.78 is 27.2. The zero-order chi connectivity index (χ0) is 15.2. The molecule has 2 bridgehead atoms. The van der Waals surface area contributed by atoms with Gasteiger partial charge in [0.2, 0.25) is 10.0 Å². The second-order valence-electron chi connectivity index (χ2n) is 5.97. The Morgan fingerprint density at radius 2 is 1.90 bits per heavy atom. The van der Waals surface area contributed by atoms with Crippen molar-refractivity contribution in [1.29, 1.82) is 0 Å². The summed E-state index contributed by atoms with van der Waals surface area (Å²) >= 11 is 0. The summed E-state index contributed by atoms with van der Waals surface area (Å²) in [6.45, 7) is 6.12. The molecule has 2 fully saturated rings. The molecule has 2 unspecified atom stereocenters. The number of benzene rings is 1. The first-order valence-electron chi connectivity index (χ1n) is 7.18. The fourth-order valence-corrected chi connectivity index (χ4v) is 4.90. The summed E-state index contributed by atoms with van der Waals surface area (Å²) in [5, 5.41) is 0. The van der Waals surface area contributed by atoms with E-state index in [1.807, 2.05) is 6.92 Å². The van der Waals surface area contributed by atoms with Crippen molar-refractivity contribution in [2.45, 2.75) is 37.1 Å². The van der Waals surface area contributed by atoms with Gasteiger partial charge in [0, 0.05) is 24.9 Å². The molecule has 0 amide bonds.